The van der Waals surface area contributed by atoms with Crippen LogP contribution in [0.2, 0.25) is 0 Å². The molecule has 4 aliphatic carbocycles. The van der Waals surface area contributed by atoms with Crippen LogP contribution in [0.15, 0.2) is 12.2 Å². The lowest BCUT2D eigenvalue weighted by molar-refractivity contribution is -0.149. The van der Waals surface area contributed by atoms with Crippen LogP contribution in [-0.2, 0) is 14.4 Å². The van der Waals surface area contributed by atoms with Crippen molar-refractivity contribution in [1.82, 2.24) is 15.3 Å². The Morgan fingerprint density at radius 3 is 2.17 bits per heavy atom. The van der Waals surface area contributed by atoms with Crippen LogP contribution in [0.1, 0.15) is 25.7 Å². The van der Waals surface area contributed by atoms with Crippen molar-refractivity contribution in [3.8, 4) is 0 Å². The molecule has 0 spiro atoms. The molecule has 0 aromatic rings. The van der Waals surface area contributed by atoms with E-state index in [0.29, 0.717) is 11.8 Å². The molecule has 2 bridgehead atoms. The molecule has 0 aromatic heterocycles. The van der Waals surface area contributed by atoms with Gasteiger partial charge in [-0.05, 0) is 56.0 Å². The SMILES string of the molecule is O=C(CN1CCCCC1)NN1C(=O)[C@@H]2[C@H]3C=C[C@@H]([C@@H]4C[C@@H]34)[C@H]2C1=O. The van der Waals surface area contributed by atoms with Gasteiger partial charge in [0.25, 0.3) is 17.7 Å². The average Bonchev–Trinajstić information content (AvgIpc) is 3.37. The molecule has 6 aliphatic rings. The largest absolute Gasteiger partial charge is 0.294 e. The third-order valence-corrected chi connectivity index (χ3v) is 6.72. The predicted molar refractivity (Wildman–Crippen MR) is 85.0 cm³/mol. The first-order valence-electron chi connectivity index (χ1n) is 9.23. The Kier molecular flexibility index (Phi) is 3.14. The first-order chi connectivity index (χ1) is 11.6. The molecule has 6 heteroatoms. The minimum absolute atomic E-state index is 0.193. The van der Waals surface area contributed by atoms with Crippen LogP contribution in [0.4, 0.5) is 0 Å². The summed E-state index contributed by atoms with van der Waals surface area (Å²) in [6, 6.07) is 0. The molecule has 2 heterocycles. The number of piperidine rings is 1. The van der Waals surface area contributed by atoms with Crippen molar-refractivity contribution in [1.29, 1.82) is 0 Å². The number of hydrogen-bond donors (Lipinski definition) is 1. The second-order valence-corrected chi connectivity index (χ2v) is 8.04. The maximum absolute atomic E-state index is 12.8. The van der Waals surface area contributed by atoms with E-state index in [1.807, 2.05) is 0 Å². The second kappa shape index (κ2) is 5.15. The summed E-state index contributed by atoms with van der Waals surface area (Å²) in [6.45, 7) is 2.10. The Bertz CT molecular complexity index is 603. The number of imide groups is 1. The molecule has 0 radical (unpaired) electrons. The molecule has 0 aromatic carbocycles. The van der Waals surface area contributed by atoms with Gasteiger partial charge in [-0.2, -0.15) is 5.01 Å². The van der Waals surface area contributed by atoms with Crippen molar-refractivity contribution in [2.24, 2.45) is 35.5 Å². The standard InChI is InChI=1S/C18H23N3O3/c22-14(9-20-6-2-1-3-7-20)19-21-17(23)15-10-4-5-11(13-8-12(10)13)16(15)18(21)24/h4-5,10-13,15-16H,1-3,6-9H2,(H,19,22)/t10-,11-,12-,13-,15+,16+/m0/s1. The summed E-state index contributed by atoms with van der Waals surface area (Å²) in [5.74, 6) is 0.448. The maximum atomic E-state index is 12.8. The summed E-state index contributed by atoms with van der Waals surface area (Å²) in [7, 11) is 0. The predicted octanol–water partition coefficient (Wildman–Crippen LogP) is 0.557. The van der Waals surface area contributed by atoms with E-state index in [-0.39, 0.29) is 47.9 Å². The molecule has 2 saturated carbocycles. The first kappa shape index (κ1) is 14.6. The van der Waals surface area contributed by atoms with Crippen LogP contribution >= 0.6 is 0 Å². The molecular formula is C18H23N3O3. The zero-order valence-corrected chi connectivity index (χ0v) is 13.7. The number of carbonyl (C=O) groups is 3. The van der Waals surface area contributed by atoms with E-state index in [1.165, 1.54) is 6.42 Å². The van der Waals surface area contributed by atoms with Crippen molar-refractivity contribution in [3.05, 3.63) is 12.2 Å². The Hall–Kier alpha value is -1.69. The highest BCUT2D eigenvalue weighted by Gasteiger charge is 2.67. The molecular weight excluding hydrogens is 306 g/mol. The molecule has 128 valence electrons. The van der Waals surface area contributed by atoms with Crippen LogP contribution in [0.3, 0.4) is 0 Å². The number of hydrazine groups is 1. The number of carbonyl (C=O) groups excluding carboxylic acids is 3. The summed E-state index contributed by atoms with van der Waals surface area (Å²) >= 11 is 0. The summed E-state index contributed by atoms with van der Waals surface area (Å²) in [5.41, 5.74) is 2.61. The van der Waals surface area contributed by atoms with Gasteiger partial charge in [0, 0.05) is 0 Å². The zero-order chi connectivity index (χ0) is 16.4. The van der Waals surface area contributed by atoms with Crippen molar-refractivity contribution in [2.45, 2.75) is 25.7 Å². The van der Waals surface area contributed by atoms with Gasteiger partial charge in [-0.15, -0.1) is 0 Å². The van der Waals surface area contributed by atoms with Gasteiger partial charge >= 0.3 is 0 Å². The van der Waals surface area contributed by atoms with Gasteiger partial charge < -0.3 is 0 Å². The summed E-state index contributed by atoms with van der Waals surface area (Å²) in [4.78, 5) is 39.9. The van der Waals surface area contributed by atoms with Gasteiger partial charge in [-0.25, -0.2) is 0 Å². The Morgan fingerprint density at radius 2 is 1.58 bits per heavy atom. The number of amides is 3. The van der Waals surface area contributed by atoms with Gasteiger partial charge in [-0.1, -0.05) is 18.6 Å². The minimum Gasteiger partial charge on any atom is -0.294 e. The fourth-order valence-electron chi connectivity index (χ4n) is 5.55. The zero-order valence-electron chi connectivity index (χ0n) is 13.7. The Morgan fingerprint density at radius 1 is 1.00 bits per heavy atom. The first-order valence-corrected chi connectivity index (χ1v) is 9.23. The fraction of sp³-hybridized carbons (Fsp3) is 0.722. The number of nitrogens with one attached hydrogen (secondary N) is 1. The van der Waals surface area contributed by atoms with Gasteiger partial charge in [0.2, 0.25) is 0 Å². The van der Waals surface area contributed by atoms with Crippen molar-refractivity contribution < 1.29 is 14.4 Å². The van der Waals surface area contributed by atoms with Crippen molar-refractivity contribution >= 4 is 17.7 Å². The maximum Gasteiger partial charge on any atom is 0.253 e. The van der Waals surface area contributed by atoms with Gasteiger partial charge in [0.15, 0.2) is 0 Å². The summed E-state index contributed by atoms with van der Waals surface area (Å²) in [6.07, 6.45) is 8.86. The van der Waals surface area contributed by atoms with Gasteiger partial charge in [0.05, 0.1) is 18.4 Å². The van der Waals surface area contributed by atoms with Gasteiger partial charge in [0.1, 0.15) is 0 Å². The smallest absolute Gasteiger partial charge is 0.253 e. The second-order valence-electron chi connectivity index (χ2n) is 8.04. The molecule has 4 fully saturated rings. The normalized spacial score (nSPS) is 42.9. The lowest BCUT2D eigenvalue weighted by atomic mass is 9.63. The third-order valence-electron chi connectivity index (χ3n) is 6.72. The van der Waals surface area contributed by atoms with E-state index in [1.54, 1.807) is 0 Å². The lowest BCUT2D eigenvalue weighted by Crippen LogP contribution is -2.50. The van der Waals surface area contributed by atoms with E-state index >= 15 is 0 Å². The molecule has 1 N–H and O–H groups in total. The van der Waals surface area contributed by atoms with Crippen LogP contribution in [-0.4, -0.2) is 47.3 Å². The summed E-state index contributed by atoms with van der Waals surface area (Å²) < 4.78 is 0. The quantitative estimate of drug-likeness (QED) is 0.607. The average molecular weight is 329 g/mol. The molecule has 2 saturated heterocycles. The van der Waals surface area contributed by atoms with Crippen LogP contribution in [0.5, 0.6) is 0 Å². The number of rotatable bonds is 3. The molecule has 6 atom stereocenters. The van der Waals surface area contributed by atoms with E-state index in [0.717, 1.165) is 37.4 Å². The molecule has 6 nitrogen and oxygen atoms in total. The number of likely N-dealkylation sites (tertiary alicyclic amines) is 1. The number of nitrogens with zero attached hydrogens (tertiary/aromatic N) is 2. The monoisotopic (exact) mass is 329 g/mol. The topological polar surface area (TPSA) is 69.7 Å². The highest BCUT2D eigenvalue weighted by Crippen LogP contribution is 2.65. The highest BCUT2D eigenvalue weighted by molar-refractivity contribution is 6.07. The van der Waals surface area contributed by atoms with E-state index < -0.39 is 0 Å². The fourth-order valence-corrected chi connectivity index (χ4v) is 5.55. The van der Waals surface area contributed by atoms with E-state index in [9.17, 15) is 14.4 Å². The number of hydrogen-bond acceptors (Lipinski definition) is 4. The lowest BCUT2D eigenvalue weighted by Gasteiger charge is -2.37. The van der Waals surface area contributed by atoms with Crippen LogP contribution in [0.25, 0.3) is 0 Å². The van der Waals surface area contributed by atoms with Crippen molar-refractivity contribution in [2.75, 3.05) is 19.6 Å². The molecule has 24 heavy (non-hydrogen) atoms. The number of allylic oxidation sites excluding steroid dienone is 2. The highest BCUT2D eigenvalue weighted by atomic mass is 16.2. The molecule has 2 aliphatic heterocycles. The molecule has 0 unspecified atom stereocenters. The summed E-state index contributed by atoms with van der Waals surface area (Å²) in [5, 5.41) is 1.04. The minimum atomic E-state index is -0.247. The van der Waals surface area contributed by atoms with Crippen molar-refractivity contribution in [3.63, 3.8) is 0 Å². The third kappa shape index (κ3) is 2.01. The Labute approximate surface area is 141 Å². The molecule has 3 amide bonds. The Balaban J connectivity index is 1.29. The van der Waals surface area contributed by atoms with Gasteiger partial charge in [-0.3, -0.25) is 24.7 Å². The van der Waals surface area contributed by atoms with Crippen LogP contribution < -0.4 is 5.43 Å². The van der Waals surface area contributed by atoms with E-state index in [2.05, 4.69) is 22.5 Å². The van der Waals surface area contributed by atoms with E-state index in [4.69, 9.17) is 0 Å². The van der Waals surface area contributed by atoms with Crippen LogP contribution in [0, 0.1) is 35.5 Å². The molecule has 6 rings (SSSR count).